The Morgan fingerprint density at radius 2 is 2.43 bits per heavy atom. The van der Waals surface area contributed by atoms with Crippen molar-refractivity contribution in [2.75, 3.05) is 0 Å². The zero-order chi connectivity index (χ0) is 9.97. The summed E-state index contributed by atoms with van der Waals surface area (Å²) in [6.45, 7) is 2.04. The first-order chi connectivity index (χ1) is 6.83. The van der Waals surface area contributed by atoms with Gasteiger partial charge in [-0.15, -0.1) is 0 Å². The molecule has 0 saturated heterocycles. The summed E-state index contributed by atoms with van der Waals surface area (Å²) in [6, 6.07) is 3.85. The Balaban J connectivity index is 2.27. The van der Waals surface area contributed by atoms with Gasteiger partial charge in [0, 0.05) is 12.3 Å². The summed E-state index contributed by atoms with van der Waals surface area (Å²) >= 11 is 0. The molecule has 1 aromatic heterocycles. The van der Waals surface area contributed by atoms with E-state index in [1.54, 1.807) is 12.3 Å². The number of rotatable bonds is 3. The smallest absolute Gasteiger partial charge is 0.142 e. The number of pyridine rings is 1. The number of hydrogen-bond acceptors (Lipinski definition) is 3. The summed E-state index contributed by atoms with van der Waals surface area (Å²) in [5, 5.41) is 8.73. The predicted octanol–water partition coefficient (Wildman–Crippen LogP) is 2.06. The van der Waals surface area contributed by atoms with Crippen molar-refractivity contribution in [2.45, 2.75) is 32.3 Å². The molecule has 14 heavy (non-hydrogen) atoms. The Kier molecular flexibility index (Phi) is 2.36. The van der Waals surface area contributed by atoms with Gasteiger partial charge in [0.2, 0.25) is 0 Å². The predicted molar refractivity (Wildman–Crippen MR) is 52.0 cm³/mol. The number of ether oxygens (including phenoxy) is 1. The van der Waals surface area contributed by atoms with Crippen molar-refractivity contribution in [1.82, 2.24) is 4.98 Å². The minimum atomic E-state index is 0.357. The summed E-state index contributed by atoms with van der Waals surface area (Å²) in [7, 11) is 0. The van der Waals surface area contributed by atoms with Gasteiger partial charge in [-0.1, -0.05) is 6.92 Å². The van der Waals surface area contributed by atoms with Gasteiger partial charge in [-0.2, -0.15) is 5.26 Å². The van der Waals surface area contributed by atoms with Crippen molar-refractivity contribution in [1.29, 1.82) is 5.26 Å². The first kappa shape index (κ1) is 9.01. The van der Waals surface area contributed by atoms with E-state index in [0.717, 1.165) is 30.7 Å². The van der Waals surface area contributed by atoms with Crippen LogP contribution in [0.4, 0.5) is 0 Å². The van der Waals surface area contributed by atoms with E-state index in [0.29, 0.717) is 11.7 Å². The molecular formula is C11H12N2O. The molecule has 1 saturated carbocycles. The lowest BCUT2D eigenvalue weighted by Gasteiger charge is -2.08. The third-order valence-electron chi connectivity index (χ3n) is 2.21. The van der Waals surface area contributed by atoms with Gasteiger partial charge in [0.25, 0.3) is 0 Å². The van der Waals surface area contributed by atoms with E-state index in [9.17, 15) is 0 Å². The average molecular weight is 188 g/mol. The van der Waals surface area contributed by atoms with Crippen molar-refractivity contribution >= 4 is 0 Å². The van der Waals surface area contributed by atoms with Crippen LogP contribution in [0.1, 0.15) is 31.0 Å². The first-order valence-corrected chi connectivity index (χ1v) is 4.89. The Morgan fingerprint density at radius 1 is 1.64 bits per heavy atom. The van der Waals surface area contributed by atoms with Gasteiger partial charge in [-0.05, 0) is 19.3 Å². The molecule has 0 bridgehead atoms. The lowest BCUT2D eigenvalue weighted by Crippen LogP contribution is -2.01. The van der Waals surface area contributed by atoms with Crippen molar-refractivity contribution in [3.05, 3.63) is 23.5 Å². The molecule has 0 radical (unpaired) electrons. The maximum atomic E-state index is 8.73. The van der Waals surface area contributed by atoms with Crippen molar-refractivity contribution in [3.63, 3.8) is 0 Å². The molecule has 0 amide bonds. The highest BCUT2D eigenvalue weighted by atomic mass is 16.5. The van der Waals surface area contributed by atoms with Crippen LogP contribution in [0.2, 0.25) is 0 Å². The van der Waals surface area contributed by atoms with Crippen molar-refractivity contribution in [3.8, 4) is 11.8 Å². The highest BCUT2D eigenvalue weighted by Crippen LogP contribution is 2.29. The quantitative estimate of drug-likeness (QED) is 0.729. The zero-order valence-corrected chi connectivity index (χ0v) is 8.16. The van der Waals surface area contributed by atoms with E-state index in [-0.39, 0.29) is 0 Å². The third-order valence-corrected chi connectivity index (χ3v) is 2.21. The summed E-state index contributed by atoms with van der Waals surface area (Å²) < 4.78 is 5.68. The van der Waals surface area contributed by atoms with Crippen LogP contribution in [0, 0.1) is 11.3 Å². The van der Waals surface area contributed by atoms with Crippen LogP contribution in [0.3, 0.4) is 0 Å². The fraction of sp³-hybridized carbons (Fsp3) is 0.455. The van der Waals surface area contributed by atoms with Gasteiger partial charge >= 0.3 is 0 Å². The van der Waals surface area contributed by atoms with E-state index in [1.807, 2.05) is 6.92 Å². The Labute approximate surface area is 83.3 Å². The fourth-order valence-corrected chi connectivity index (χ4v) is 1.27. The molecule has 0 spiro atoms. The van der Waals surface area contributed by atoms with Crippen molar-refractivity contribution in [2.24, 2.45) is 0 Å². The minimum absolute atomic E-state index is 0.357. The Bertz CT molecular complexity index is 377. The average Bonchev–Trinajstić information content (AvgIpc) is 3.01. The Hall–Kier alpha value is -1.56. The van der Waals surface area contributed by atoms with Gasteiger partial charge in [0.15, 0.2) is 0 Å². The summed E-state index contributed by atoms with van der Waals surface area (Å²) in [4.78, 5) is 4.20. The molecule has 0 atom stereocenters. The molecule has 1 aliphatic carbocycles. The molecule has 0 aromatic carbocycles. The summed E-state index contributed by atoms with van der Waals surface area (Å²) in [5.41, 5.74) is 1.51. The second kappa shape index (κ2) is 3.67. The highest BCUT2D eigenvalue weighted by Gasteiger charge is 2.24. The van der Waals surface area contributed by atoms with Crippen molar-refractivity contribution < 1.29 is 4.74 Å². The summed E-state index contributed by atoms with van der Waals surface area (Å²) in [5.74, 6) is 0.786. The minimum Gasteiger partial charge on any atom is -0.488 e. The van der Waals surface area contributed by atoms with E-state index < -0.39 is 0 Å². The molecule has 72 valence electrons. The van der Waals surface area contributed by atoms with Gasteiger partial charge in [-0.3, -0.25) is 4.98 Å². The van der Waals surface area contributed by atoms with Crippen LogP contribution >= 0.6 is 0 Å². The maximum Gasteiger partial charge on any atom is 0.142 e. The molecule has 3 heteroatoms. The van der Waals surface area contributed by atoms with Gasteiger partial charge in [-0.25, -0.2) is 0 Å². The molecular weight excluding hydrogens is 176 g/mol. The topological polar surface area (TPSA) is 45.9 Å². The number of aryl methyl sites for hydroxylation is 1. The van der Waals surface area contributed by atoms with E-state index in [4.69, 9.17) is 10.00 Å². The standard InChI is InChI=1S/C11H12N2O/c1-2-10-11(14-9-3-4-9)5-8(6-12)7-13-10/h5,7,9H,2-4H2,1H3. The van der Waals surface area contributed by atoms with Crippen LogP contribution in [0.25, 0.3) is 0 Å². The van der Waals surface area contributed by atoms with E-state index in [1.165, 1.54) is 0 Å². The number of nitrogens with zero attached hydrogens (tertiary/aromatic N) is 2. The maximum absolute atomic E-state index is 8.73. The SMILES string of the molecule is CCc1ncc(C#N)cc1OC1CC1. The van der Waals surface area contributed by atoms with Gasteiger partial charge < -0.3 is 4.74 Å². The number of hydrogen-bond donors (Lipinski definition) is 0. The molecule has 1 fully saturated rings. The lowest BCUT2D eigenvalue weighted by atomic mass is 10.2. The van der Waals surface area contributed by atoms with Crippen LogP contribution in [-0.4, -0.2) is 11.1 Å². The van der Waals surface area contributed by atoms with Crippen LogP contribution in [0.5, 0.6) is 5.75 Å². The largest absolute Gasteiger partial charge is 0.488 e. The molecule has 1 aliphatic rings. The zero-order valence-electron chi connectivity index (χ0n) is 8.16. The highest BCUT2D eigenvalue weighted by molar-refractivity contribution is 5.37. The second-order valence-electron chi connectivity index (χ2n) is 3.45. The van der Waals surface area contributed by atoms with E-state index in [2.05, 4.69) is 11.1 Å². The first-order valence-electron chi connectivity index (χ1n) is 4.89. The number of aromatic nitrogens is 1. The summed E-state index contributed by atoms with van der Waals surface area (Å²) in [6.07, 6.45) is 5.04. The molecule has 1 aromatic rings. The third kappa shape index (κ3) is 1.85. The van der Waals surface area contributed by atoms with Crippen LogP contribution < -0.4 is 4.74 Å². The molecule has 0 unspecified atom stereocenters. The second-order valence-corrected chi connectivity index (χ2v) is 3.45. The normalized spacial score (nSPS) is 14.9. The molecule has 0 N–H and O–H groups in total. The molecule has 3 nitrogen and oxygen atoms in total. The van der Waals surface area contributed by atoms with Crippen LogP contribution in [-0.2, 0) is 6.42 Å². The Morgan fingerprint density at radius 3 is 3.00 bits per heavy atom. The van der Waals surface area contributed by atoms with Crippen LogP contribution in [0.15, 0.2) is 12.3 Å². The fourth-order valence-electron chi connectivity index (χ4n) is 1.27. The molecule has 2 rings (SSSR count). The van der Waals surface area contributed by atoms with Gasteiger partial charge in [0.1, 0.15) is 11.8 Å². The molecule has 0 aliphatic heterocycles. The number of nitriles is 1. The molecule has 1 heterocycles. The lowest BCUT2D eigenvalue weighted by molar-refractivity contribution is 0.298. The monoisotopic (exact) mass is 188 g/mol. The van der Waals surface area contributed by atoms with E-state index >= 15 is 0 Å². The van der Waals surface area contributed by atoms with Gasteiger partial charge in [0.05, 0.1) is 17.4 Å².